The summed E-state index contributed by atoms with van der Waals surface area (Å²) in [6.07, 6.45) is 1.36. The molecule has 0 aromatic heterocycles. The molecule has 0 spiro atoms. The Bertz CT molecular complexity index is 339. The molecule has 3 nitrogen and oxygen atoms in total. The second-order valence-corrected chi connectivity index (χ2v) is 4.85. The van der Waals surface area contributed by atoms with E-state index in [1.54, 1.807) is 0 Å². The molecule has 0 aliphatic carbocycles. The van der Waals surface area contributed by atoms with Gasteiger partial charge in [0.15, 0.2) is 0 Å². The monoisotopic (exact) mass is 250 g/mol. The highest BCUT2D eigenvalue weighted by molar-refractivity contribution is 5.56. The first kappa shape index (κ1) is 14.8. The fourth-order valence-corrected chi connectivity index (χ4v) is 1.63. The molecule has 0 aliphatic heterocycles. The lowest BCUT2D eigenvalue weighted by atomic mass is 10.2. The van der Waals surface area contributed by atoms with Crippen molar-refractivity contribution in [1.82, 2.24) is 5.32 Å². The predicted molar refractivity (Wildman–Crippen MR) is 78.5 cm³/mol. The Morgan fingerprint density at radius 2 is 1.83 bits per heavy atom. The first-order valence-corrected chi connectivity index (χ1v) is 6.86. The van der Waals surface area contributed by atoms with Crippen LogP contribution in [0.25, 0.3) is 0 Å². The van der Waals surface area contributed by atoms with Gasteiger partial charge in [0, 0.05) is 19.1 Å². The summed E-state index contributed by atoms with van der Waals surface area (Å²) in [5.74, 6) is 0.927. The molecule has 0 saturated heterocycles. The van der Waals surface area contributed by atoms with Gasteiger partial charge in [0.05, 0.1) is 11.8 Å². The van der Waals surface area contributed by atoms with Gasteiger partial charge in [-0.3, -0.25) is 0 Å². The molecular formula is C15H26N2O. The highest BCUT2D eigenvalue weighted by atomic mass is 16.5. The molecule has 0 fully saturated rings. The minimum absolute atomic E-state index is 0.200. The molecule has 18 heavy (non-hydrogen) atoms. The van der Waals surface area contributed by atoms with E-state index in [0.29, 0.717) is 6.04 Å². The van der Waals surface area contributed by atoms with E-state index in [9.17, 15) is 0 Å². The summed E-state index contributed by atoms with van der Waals surface area (Å²) in [6, 6.07) is 8.66. The zero-order chi connectivity index (χ0) is 13.4. The Hall–Kier alpha value is -1.22. The zero-order valence-electron chi connectivity index (χ0n) is 12.0. The first-order chi connectivity index (χ1) is 8.63. The van der Waals surface area contributed by atoms with Crippen LogP contribution < -0.4 is 15.4 Å². The van der Waals surface area contributed by atoms with Crippen LogP contribution in [0.2, 0.25) is 0 Å². The lowest BCUT2D eigenvalue weighted by Crippen LogP contribution is -2.30. The van der Waals surface area contributed by atoms with Crippen molar-refractivity contribution < 1.29 is 4.74 Å². The maximum absolute atomic E-state index is 5.76. The SMILES string of the molecule is CCC(C)NCCNc1ccccc1OC(C)C. The van der Waals surface area contributed by atoms with Crippen LogP contribution in [-0.4, -0.2) is 25.2 Å². The van der Waals surface area contributed by atoms with E-state index in [1.165, 1.54) is 0 Å². The molecule has 0 radical (unpaired) electrons. The normalized spacial score (nSPS) is 12.5. The summed E-state index contributed by atoms with van der Waals surface area (Å²) in [5, 5.41) is 6.87. The van der Waals surface area contributed by atoms with Crippen molar-refractivity contribution in [2.75, 3.05) is 18.4 Å². The molecule has 1 atom stereocenters. The van der Waals surface area contributed by atoms with E-state index < -0.39 is 0 Å². The second kappa shape index (κ2) is 7.98. The molecule has 1 aromatic carbocycles. The third-order valence-corrected chi connectivity index (χ3v) is 2.80. The van der Waals surface area contributed by atoms with Crippen LogP contribution in [0, 0.1) is 0 Å². The number of benzene rings is 1. The molecular weight excluding hydrogens is 224 g/mol. The molecule has 0 aliphatic rings. The van der Waals surface area contributed by atoms with Crippen molar-refractivity contribution >= 4 is 5.69 Å². The lowest BCUT2D eigenvalue weighted by molar-refractivity contribution is 0.243. The summed E-state index contributed by atoms with van der Waals surface area (Å²) in [5.41, 5.74) is 1.07. The van der Waals surface area contributed by atoms with Gasteiger partial charge >= 0.3 is 0 Å². The molecule has 0 bridgehead atoms. The largest absolute Gasteiger partial charge is 0.489 e. The van der Waals surface area contributed by atoms with Gasteiger partial charge < -0.3 is 15.4 Å². The van der Waals surface area contributed by atoms with E-state index in [1.807, 2.05) is 32.0 Å². The number of hydrogen-bond acceptors (Lipinski definition) is 3. The van der Waals surface area contributed by atoms with Crippen molar-refractivity contribution in [2.24, 2.45) is 0 Å². The summed E-state index contributed by atoms with van der Waals surface area (Å²) in [7, 11) is 0. The van der Waals surface area contributed by atoms with Crippen LogP contribution >= 0.6 is 0 Å². The summed E-state index contributed by atoms with van der Waals surface area (Å²) in [6.45, 7) is 10.4. The van der Waals surface area contributed by atoms with Gasteiger partial charge in [-0.15, -0.1) is 0 Å². The van der Waals surface area contributed by atoms with E-state index in [2.05, 4.69) is 30.5 Å². The Morgan fingerprint density at radius 1 is 1.11 bits per heavy atom. The summed E-state index contributed by atoms with van der Waals surface area (Å²) < 4.78 is 5.76. The van der Waals surface area contributed by atoms with Crippen molar-refractivity contribution in [3.63, 3.8) is 0 Å². The minimum Gasteiger partial charge on any atom is -0.489 e. The minimum atomic E-state index is 0.200. The third kappa shape index (κ3) is 5.41. The van der Waals surface area contributed by atoms with Gasteiger partial charge in [-0.1, -0.05) is 19.1 Å². The van der Waals surface area contributed by atoms with Gasteiger partial charge in [-0.2, -0.15) is 0 Å². The quantitative estimate of drug-likeness (QED) is 0.695. The molecule has 1 rings (SSSR count). The molecule has 0 heterocycles. The Kier molecular flexibility index (Phi) is 6.58. The third-order valence-electron chi connectivity index (χ3n) is 2.80. The maximum atomic E-state index is 5.76. The average Bonchev–Trinajstić information content (AvgIpc) is 2.35. The van der Waals surface area contributed by atoms with Crippen molar-refractivity contribution in [2.45, 2.75) is 46.3 Å². The first-order valence-electron chi connectivity index (χ1n) is 6.86. The van der Waals surface area contributed by atoms with Gasteiger partial charge in [0.25, 0.3) is 0 Å². The highest BCUT2D eigenvalue weighted by Crippen LogP contribution is 2.24. The van der Waals surface area contributed by atoms with E-state index in [0.717, 1.165) is 30.9 Å². The lowest BCUT2D eigenvalue weighted by Gasteiger charge is -2.16. The number of hydrogen-bond donors (Lipinski definition) is 2. The molecule has 0 amide bonds. The summed E-state index contributed by atoms with van der Waals surface area (Å²) >= 11 is 0. The number of anilines is 1. The highest BCUT2D eigenvalue weighted by Gasteiger charge is 2.04. The number of nitrogens with one attached hydrogen (secondary N) is 2. The molecule has 1 unspecified atom stereocenters. The number of ether oxygens (including phenoxy) is 1. The molecule has 102 valence electrons. The van der Waals surface area contributed by atoms with E-state index in [4.69, 9.17) is 4.74 Å². The molecule has 1 aromatic rings. The molecule has 0 saturated carbocycles. The van der Waals surface area contributed by atoms with Crippen LogP contribution in [-0.2, 0) is 0 Å². The van der Waals surface area contributed by atoms with E-state index in [-0.39, 0.29) is 6.10 Å². The van der Waals surface area contributed by atoms with Crippen LogP contribution in [0.5, 0.6) is 5.75 Å². The van der Waals surface area contributed by atoms with Gasteiger partial charge in [0.1, 0.15) is 5.75 Å². The standard InChI is InChI=1S/C15H26N2O/c1-5-13(4)16-10-11-17-14-8-6-7-9-15(14)18-12(2)3/h6-9,12-13,16-17H,5,10-11H2,1-4H3. The van der Waals surface area contributed by atoms with Gasteiger partial charge in [-0.05, 0) is 39.3 Å². The number of rotatable bonds is 8. The fourth-order valence-electron chi connectivity index (χ4n) is 1.63. The predicted octanol–water partition coefficient (Wildman–Crippen LogP) is 3.27. The average molecular weight is 250 g/mol. The maximum Gasteiger partial charge on any atom is 0.142 e. The van der Waals surface area contributed by atoms with Crippen molar-refractivity contribution in [1.29, 1.82) is 0 Å². The molecule has 3 heteroatoms. The van der Waals surface area contributed by atoms with Crippen LogP contribution in [0.4, 0.5) is 5.69 Å². The van der Waals surface area contributed by atoms with E-state index >= 15 is 0 Å². The zero-order valence-corrected chi connectivity index (χ0v) is 12.0. The van der Waals surface area contributed by atoms with Gasteiger partial charge in [-0.25, -0.2) is 0 Å². The van der Waals surface area contributed by atoms with Crippen LogP contribution in [0.15, 0.2) is 24.3 Å². The Morgan fingerprint density at radius 3 is 2.50 bits per heavy atom. The van der Waals surface area contributed by atoms with Crippen molar-refractivity contribution in [3.05, 3.63) is 24.3 Å². The molecule has 2 N–H and O–H groups in total. The van der Waals surface area contributed by atoms with Crippen LogP contribution in [0.1, 0.15) is 34.1 Å². The summed E-state index contributed by atoms with van der Waals surface area (Å²) in [4.78, 5) is 0. The Balaban J connectivity index is 2.41. The topological polar surface area (TPSA) is 33.3 Å². The fraction of sp³-hybridized carbons (Fsp3) is 0.600. The Labute approximate surface area is 111 Å². The van der Waals surface area contributed by atoms with Gasteiger partial charge in [0.2, 0.25) is 0 Å². The second-order valence-electron chi connectivity index (χ2n) is 4.85. The van der Waals surface area contributed by atoms with Crippen LogP contribution in [0.3, 0.4) is 0 Å². The number of para-hydroxylation sites is 2. The van der Waals surface area contributed by atoms with Crippen molar-refractivity contribution in [3.8, 4) is 5.75 Å². The smallest absolute Gasteiger partial charge is 0.142 e.